The second-order valence-corrected chi connectivity index (χ2v) is 7.35. The highest BCUT2D eigenvalue weighted by molar-refractivity contribution is 7.20. The second kappa shape index (κ2) is 7.76. The Labute approximate surface area is 170 Å². The molecule has 29 heavy (non-hydrogen) atoms. The van der Waals surface area contributed by atoms with E-state index in [1.54, 1.807) is 24.3 Å². The fourth-order valence-electron chi connectivity index (χ4n) is 2.88. The molecule has 0 fully saturated rings. The molecule has 7 nitrogen and oxygen atoms in total. The topological polar surface area (TPSA) is 93.5 Å². The van der Waals surface area contributed by atoms with Gasteiger partial charge < -0.3 is 15.2 Å². The van der Waals surface area contributed by atoms with Crippen LogP contribution in [0.1, 0.15) is 15.4 Å². The molecule has 2 aromatic heterocycles. The van der Waals surface area contributed by atoms with Crippen LogP contribution in [-0.2, 0) is 4.79 Å². The number of carbonyl (C=O) groups excluding carboxylic acids is 1. The first-order chi connectivity index (χ1) is 14.0. The molecule has 0 aliphatic heterocycles. The van der Waals surface area contributed by atoms with Crippen LogP contribution in [0.4, 0.5) is 5.69 Å². The van der Waals surface area contributed by atoms with E-state index in [-0.39, 0.29) is 5.91 Å². The van der Waals surface area contributed by atoms with Crippen molar-refractivity contribution in [3.63, 3.8) is 0 Å². The summed E-state index contributed by atoms with van der Waals surface area (Å²) in [6.45, 7) is 1.51. The number of hydrogen-bond acceptors (Lipinski definition) is 5. The summed E-state index contributed by atoms with van der Waals surface area (Å²) in [6.07, 6.45) is 0. The third kappa shape index (κ3) is 3.97. The number of nitrogens with zero attached hydrogens (tertiary/aromatic N) is 2. The highest BCUT2D eigenvalue weighted by Crippen LogP contribution is 2.31. The van der Waals surface area contributed by atoms with Gasteiger partial charge >= 0.3 is 5.97 Å². The van der Waals surface area contributed by atoms with Crippen LogP contribution < -0.4 is 10.1 Å². The van der Waals surface area contributed by atoms with Gasteiger partial charge in [0.2, 0.25) is 0 Å². The van der Waals surface area contributed by atoms with Crippen molar-refractivity contribution in [1.82, 2.24) is 9.78 Å². The molecule has 0 saturated carbocycles. The molecule has 2 aromatic carbocycles. The zero-order valence-corrected chi connectivity index (χ0v) is 16.3. The number of aryl methyl sites for hydroxylation is 1. The van der Waals surface area contributed by atoms with Crippen molar-refractivity contribution in [3.8, 4) is 11.4 Å². The van der Waals surface area contributed by atoms with Crippen molar-refractivity contribution in [2.45, 2.75) is 6.92 Å². The van der Waals surface area contributed by atoms with Crippen molar-refractivity contribution >= 4 is 39.1 Å². The van der Waals surface area contributed by atoms with Gasteiger partial charge in [0.15, 0.2) is 6.61 Å². The Balaban J connectivity index is 1.54. The molecule has 4 aromatic rings. The number of amides is 1. The summed E-state index contributed by atoms with van der Waals surface area (Å²) in [6, 6.07) is 18.2. The highest BCUT2D eigenvalue weighted by Gasteiger charge is 2.17. The van der Waals surface area contributed by atoms with E-state index in [1.807, 2.05) is 48.0 Å². The summed E-state index contributed by atoms with van der Waals surface area (Å²) in [5.41, 5.74) is 2.40. The van der Waals surface area contributed by atoms with Crippen LogP contribution in [0, 0.1) is 6.92 Å². The molecule has 4 rings (SSSR count). The largest absolute Gasteiger partial charge is 0.482 e. The summed E-state index contributed by atoms with van der Waals surface area (Å²) < 4.78 is 6.94. The van der Waals surface area contributed by atoms with E-state index in [0.29, 0.717) is 16.3 Å². The zero-order chi connectivity index (χ0) is 20.4. The molecule has 8 heteroatoms. The van der Waals surface area contributed by atoms with Crippen LogP contribution in [0.15, 0.2) is 60.7 Å². The maximum Gasteiger partial charge on any atom is 0.341 e. The van der Waals surface area contributed by atoms with E-state index in [4.69, 9.17) is 9.84 Å². The van der Waals surface area contributed by atoms with Crippen molar-refractivity contribution in [3.05, 3.63) is 71.2 Å². The Morgan fingerprint density at radius 1 is 1.14 bits per heavy atom. The van der Waals surface area contributed by atoms with E-state index >= 15 is 0 Å². The van der Waals surface area contributed by atoms with Crippen LogP contribution >= 0.6 is 11.3 Å². The van der Waals surface area contributed by atoms with E-state index in [9.17, 15) is 9.59 Å². The highest BCUT2D eigenvalue weighted by atomic mass is 32.1. The molecular formula is C21H17N3O4S. The third-order valence-corrected chi connectivity index (χ3v) is 5.35. The Kier molecular flexibility index (Phi) is 5.01. The number of para-hydroxylation sites is 1. The Morgan fingerprint density at radius 3 is 2.55 bits per heavy atom. The number of aliphatic carboxylic acids is 1. The van der Waals surface area contributed by atoms with Gasteiger partial charge in [0, 0.05) is 11.1 Å². The van der Waals surface area contributed by atoms with E-state index < -0.39 is 12.6 Å². The molecule has 0 spiro atoms. The van der Waals surface area contributed by atoms with Gasteiger partial charge in [-0.15, -0.1) is 11.3 Å². The first-order valence-electron chi connectivity index (χ1n) is 8.82. The number of fused-ring (bicyclic) bond motifs is 1. The minimum absolute atomic E-state index is 0.218. The van der Waals surface area contributed by atoms with E-state index in [2.05, 4.69) is 10.4 Å². The van der Waals surface area contributed by atoms with Gasteiger partial charge in [-0.2, -0.15) is 5.10 Å². The summed E-state index contributed by atoms with van der Waals surface area (Å²) in [5, 5.41) is 17.0. The van der Waals surface area contributed by atoms with Crippen LogP contribution in [-0.4, -0.2) is 33.4 Å². The maximum absolute atomic E-state index is 12.7. The Hall–Kier alpha value is -3.65. The predicted molar refractivity (Wildman–Crippen MR) is 111 cm³/mol. The van der Waals surface area contributed by atoms with Gasteiger partial charge in [0.25, 0.3) is 5.91 Å². The van der Waals surface area contributed by atoms with Crippen LogP contribution in [0.25, 0.3) is 15.9 Å². The average molecular weight is 407 g/mol. The normalized spacial score (nSPS) is 10.8. The van der Waals surface area contributed by atoms with Gasteiger partial charge in [-0.1, -0.05) is 18.2 Å². The Bertz CT molecular complexity index is 1180. The van der Waals surface area contributed by atoms with Crippen LogP contribution in [0.2, 0.25) is 0 Å². The van der Waals surface area contributed by atoms with Crippen molar-refractivity contribution < 1.29 is 19.4 Å². The number of thiophene rings is 1. The third-order valence-electron chi connectivity index (χ3n) is 4.24. The molecule has 0 bridgehead atoms. The zero-order valence-electron chi connectivity index (χ0n) is 15.5. The molecular weight excluding hydrogens is 390 g/mol. The fraction of sp³-hybridized carbons (Fsp3) is 0.0952. The average Bonchev–Trinajstić information content (AvgIpc) is 3.29. The molecule has 0 saturated heterocycles. The second-order valence-electron chi connectivity index (χ2n) is 6.32. The molecule has 0 aliphatic carbocycles. The maximum atomic E-state index is 12.7. The summed E-state index contributed by atoms with van der Waals surface area (Å²) in [7, 11) is 0. The predicted octanol–water partition coefficient (Wildman–Crippen LogP) is 4.11. The summed E-state index contributed by atoms with van der Waals surface area (Å²) in [4.78, 5) is 24.7. The number of nitrogens with one attached hydrogen (secondary N) is 1. The number of aromatic nitrogens is 2. The molecule has 2 heterocycles. The van der Waals surface area contributed by atoms with Gasteiger partial charge in [0.1, 0.15) is 10.6 Å². The quantitative estimate of drug-likeness (QED) is 0.502. The van der Waals surface area contributed by atoms with Crippen molar-refractivity contribution in [2.75, 3.05) is 11.9 Å². The lowest BCUT2D eigenvalue weighted by atomic mass is 10.2. The number of carboxylic acids is 1. The van der Waals surface area contributed by atoms with Gasteiger partial charge in [-0.05, 0) is 49.4 Å². The number of benzene rings is 2. The fourth-order valence-corrected chi connectivity index (χ4v) is 3.95. The minimum atomic E-state index is -1.04. The first kappa shape index (κ1) is 18.7. The number of rotatable bonds is 6. The summed E-state index contributed by atoms with van der Waals surface area (Å²) in [5.74, 6) is -0.841. The van der Waals surface area contributed by atoms with Gasteiger partial charge in [-0.3, -0.25) is 4.79 Å². The smallest absolute Gasteiger partial charge is 0.341 e. The van der Waals surface area contributed by atoms with E-state index in [0.717, 1.165) is 21.6 Å². The lowest BCUT2D eigenvalue weighted by molar-refractivity contribution is -0.139. The molecule has 0 radical (unpaired) electrons. The number of ether oxygens (including phenoxy) is 1. The standard InChI is InChI=1S/C21H17N3O4S/c1-13-17-11-18(29-21(17)24(23-13)15-5-3-2-4-6-15)20(27)22-14-7-9-16(10-8-14)28-12-19(25)26/h2-11H,12H2,1H3,(H,22,27)(H,25,26). The van der Waals surface area contributed by atoms with E-state index in [1.165, 1.54) is 11.3 Å². The number of carbonyl (C=O) groups is 2. The first-order valence-corrected chi connectivity index (χ1v) is 9.63. The van der Waals surface area contributed by atoms with Gasteiger partial charge in [-0.25, -0.2) is 9.48 Å². The molecule has 0 unspecified atom stereocenters. The lowest BCUT2D eigenvalue weighted by Gasteiger charge is -2.06. The monoisotopic (exact) mass is 407 g/mol. The van der Waals surface area contributed by atoms with Crippen LogP contribution in [0.5, 0.6) is 5.75 Å². The number of anilines is 1. The molecule has 0 atom stereocenters. The summed E-state index contributed by atoms with van der Waals surface area (Å²) >= 11 is 1.38. The molecule has 0 aliphatic rings. The molecule has 1 amide bonds. The Morgan fingerprint density at radius 2 is 1.86 bits per heavy atom. The van der Waals surface area contributed by atoms with Crippen LogP contribution in [0.3, 0.4) is 0 Å². The van der Waals surface area contributed by atoms with Crippen molar-refractivity contribution in [2.24, 2.45) is 0 Å². The lowest BCUT2D eigenvalue weighted by Crippen LogP contribution is -2.11. The molecule has 2 N–H and O–H groups in total. The molecule has 146 valence electrons. The van der Waals surface area contributed by atoms with Gasteiger partial charge in [0.05, 0.1) is 16.3 Å². The minimum Gasteiger partial charge on any atom is -0.482 e. The van der Waals surface area contributed by atoms with Crippen molar-refractivity contribution in [1.29, 1.82) is 0 Å². The number of carboxylic acid groups (broad SMARTS) is 1. The SMILES string of the molecule is Cc1nn(-c2ccccc2)c2sc(C(=O)Nc3ccc(OCC(=O)O)cc3)cc12. The number of hydrogen-bond donors (Lipinski definition) is 2.